The molecule has 174 valence electrons. The number of rotatable bonds is 8. The van der Waals surface area contributed by atoms with E-state index in [2.05, 4.69) is 20.8 Å². The number of alkyl halides is 3. The summed E-state index contributed by atoms with van der Waals surface area (Å²) in [5.74, 6) is -3.69. The van der Waals surface area contributed by atoms with Gasteiger partial charge in [-0.25, -0.2) is 0 Å². The second-order valence-electron chi connectivity index (χ2n) is 8.73. The van der Waals surface area contributed by atoms with Gasteiger partial charge in [0.25, 0.3) is 0 Å². The maximum absolute atomic E-state index is 12.8. The van der Waals surface area contributed by atoms with E-state index in [9.17, 15) is 32.8 Å². The molecule has 1 heterocycles. The van der Waals surface area contributed by atoms with Crippen LogP contribution in [0.1, 0.15) is 51.8 Å². The molecule has 1 aromatic rings. The van der Waals surface area contributed by atoms with Gasteiger partial charge in [0.2, 0.25) is 11.8 Å². The van der Waals surface area contributed by atoms with E-state index in [1.807, 2.05) is 6.07 Å². The van der Waals surface area contributed by atoms with Gasteiger partial charge in [0, 0.05) is 6.20 Å². The zero-order valence-corrected chi connectivity index (χ0v) is 17.9. The van der Waals surface area contributed by atoms with E-state index in [4.69, 9.17) is 0 Å². The van der Waals surface area contributed by atoms with Gasteiger partial charge in [-0.2, -0.15) is 28.6 Å². The van der Waals surface area contributed by atoms with Gasteiger partial charge < -0.3 is 16.0 Å². The van der Waals surface area contributed by atoms with Gasteiger partial charge in [-0.15, -0.1) is 0 Å². The van der Waals surface area contributed by atoms with Gasteiger partial charge in [0.15, 0.2) is 6.04 Å². The fourth-order valence-electron chi connectivity index (χ4n) is 2.94. The average molecular weight is 454 g/mol. The van der Waals surface area contributed by atoms with Crippen molar-refractivity contribution in [2.24, 2.45) is 11.3 Å². The predicted octanol–water partition coefficient (Wildman–Crippen LogP) is 1.54. The van der Waals surface area contributed by atoms with Gasteiger partial charge in [-0.3, -0.25) is 14.4 Å². The molecule has 1 saturated carbocycles. The van der Waals surface area contributed by atoms with Crippen LogP contribution < -0.4 is 16.0 Å². The van der Waals surface area contributed by atoms with E-state index in [0.29, 0.717) is 0 Å². The Labute approximate surface area is 183 Å². The summed E-state index contributed by atoms with van der Waals surface area (Å²) in [5.41, 5.74) is -0.870. The topological polar surface area (TPSA) is 137 Å². The lowest BCUT2D eigenvalue weighted by atomic mass is 9.85. The third-order valence-electron chi connectivity index (χ3n) is 4.86. The Kier molecular flexibility index (Phi) is 7.77. The van der Waals surface area contributed by atoms with Crippen molar-refractivity contribution in [3.8, 4) is 6.07 Å². The predicted molar refractivity (Wildman–Crippen MR) is 105 cm³/mol. The molecule has 0 spiro atoms. The Morgan fingerprint density at radius 3 is 2.28 bits per heavy atom. The second kappa shape index (κ2) is 9.93. The van der Waals surface area contributed by atoms with Crippen LogP contribution in [0.2, 0.25) is 0 Å². The zero-order chi connectivity index (χ0) is 24.1. The first-order valence-corrected chi connectivity index (χ1v) is 9.98. The normalized spacial score (nSPS) is 16.8. The number of hydrogen-bond acceptors (Lipinski definition) is 6. The number of nitrogens with one attached hydrogen (secondary N) is 3. The van der Waals surface area contributed by atoms with Crippen LogP contribution in [0, 0.1) is 22.7 Å². The van der Waals surface area contributed by atoms with E-state index in [1.165, 1.54) is 33.0 Å². The van der Waals surface area contributed by atoms with Crippen molar-refractivity contribution in [3.63, 3.8) is 0 Å². The molecular formula is C20H25F3N6O3. The number of hydrogen-bond donors (Lipinski definition) is 3. The van der Waals surface area contributed by atoms with Crippen LogP contribution in [-0.2, 0) is 14.4 Å². The number of amides is 3. The molecule has 0 aromatic carbocycles. The fourth-order valence-corrected chi connectivity index (χ4v) is 2.94. The molecule has 9 nitrogen and oxygen atoms in total. The van der Waals surface area contributed by atoms with Crippen LogP contribution >= 0.6 is 0 Å². The number of nitrogens with zero attached hydrogens (tertiary/aromatic N) is 3. The third kappa shape index (κ3) is 7.18. The molecular weight excluding hydrogens is 429 g/mol. The number of carbonyl (C=O) groups is 3. The minimum Gasteiger partial charge on any atom is -0.342 e. The summed E-state index contributed by atoms with van der Waals surface area (Å²) < 4.78 is 38.2. The molecule has 3 unspecified atom stereocenters. The van der Waals surface area contributed by atoms with Crippen molar-refractivity contribution in [2.45, 2.75) is 64.3 Å². The van der Waals surface area contributed by atoms with Gasteiger partial charge in [-0.05, 0) is 29.9 Å². The molecule has 1 aromatic heterocycles. The highest BCUT2D eigenvalue weighted by atomic mass is 19.4. The summed E-state index contributed by atoms with van der Waals surface area (Å²) in [5, 5.41) is 23.5. The van der Waals surface area contributed by atoms with Crippen molar-refractivity contribution in [3.05, 3.63) is 24.0 Å². The van der Waals surface area contributed by atoms with Gasteiger partial charge in [-0.1, -0.05) is 33.6 Å². The molecule has 0 bridgehead atoms. The van der Waals surface area contributed by atoms with Crippen molar-refractivity contribution in [1.82, 2.24) is 26.1 Å². The highest BCUT2D eigenvalue weighted by Gasteiger charge is 2.44. The lowest BCUT2D eigenvalue weighted by Gasteiger charge is -2.32. The highest BCUT2D eigenvalue weighted by molar-refractivity contribution is 5.93. The summed E-state index contributed by atoms with van der Waals surface area (Å²) in [6.07, 6.45) is -1.82. The summed E-state index contributed by atoms with van der Waals surface area (Å²) in [6.45, 7) is 4.47. The first-order chi connectivity index (χ1) is 14.8. The molecule has 2 rings (SSSR count). The zero-order valence-electron chi connectivity index (χ0n) is 17.9. The lowest BCUT2D eigenvalue weighted by molar-refractivity contribution is -0.175. The summed E-state index contributed by atoms with van der Waals surface area (Å²) in [6, 6.07) is 1.15. The van der Waals surface area contributed by atoms with Gasteiger partial charge in [0.1, 0.15) is 12.1 Å². The molecule has 32 heavy (non-hydrogen) atoms. The van der Waals surface area contributed by atoms with Crippen LogP contribution in [-0.4, -0.2) is 46.2 Å². The minimum atomic E-state index is -5.16. The van der Waals surface area contributed by atoms with Crippen molar-refractivity contribution < 1.29 is 27.6 Å². The van der Waals surface area contributed by atoms with Crippen LogP contribution in [0.5, 0.6) is 0 Å². The lowest BCUT2D eigenvalue weighted by Crippen LogP contribution is -2.59. The molecule has 0 saturated heterocycles. The monoisotopic (exact) mass is 454 g/mol. The number of halogens is 3. The van der Waals surface area contributed by atoms with Crippen molar-refractivity contribution in [2.75, 3.05) is 0 Å². The van der Waals surface area contributed by atoms with Crippen molar-refractivity contribution >= 4 is 17.7 Å². The number of nitriles is 1. The largest absolute Gasteiger partial charge is 0.471 e. The molecule has 3 amide bonds. The average Bonchev–Trinajstić information content (AvgIpc) is 3.52. The van der Waals surface area contributed by atoms with E-state index >= 15 is 0 Å². The molecule has 3 N–H and O–H groups in total. The Hall–Kier alpha value is -3.23. The summed E-state index contributed by atoms with van der Waals surface area (Å²) in [7, 11) is 0. The van der Waals surface area contributed by atoms with Crippen LogP contribution in [0.15, 0.2) is 18.3 Å². The maximum Gasteiger partial charge on any atom is 0.471 e. The molecule has 0 radical (unpaired) electrons. The quantitative estimate of drug-likeness (QED) is 0.545. The number of carbonyl (C=O) groups excluding carboxylic acids is 3. The van der Waals surface area contributed by atoms with Gasteiger partial charge >= 0.3 is 12.1 Å². The van der Waals surface area contributed by atoms with Crippen molar-refractivity contribution in [1.29, 1.82) is 5.26 Å². The Morgan fingerprint density at radius 2 is 1.81 bits per heavy atom. The smallest absolute Gasteiger partial charge is 0.342 e. The SMILES string of the molecule is CC(C)(C)C(NC(=O)C(F)(F)F)C(=O)NC(CC1CC1)C(=O)NC(C#N)c1cccnn1. The third-order valence-corrected chi connectivity index (χ3v) is 4.86. The van der Waals surface area contributed by atoms with E-state index in [0.717, 1.165) is 12.8 Å². The molecule has 1 aliphatic carbocycles. The van der Waals surface area contributed by atoms with E-state index in [1.54, 1.807) is 11.4 Å². The molecule has 0 aliphatic heterocycles. The highest BCUT2D eigenvalue weighted by Crippen LogP contribution is 2.34. The molecule has 12 heteroatoms. The van der Waals surface area contributed by atoms with Crippen LogP contribution in [0.4, 0.5) is 13.2 Å². The Bertz CT molecular complexity index is 875. The molecule has 1 fully saturated rings. The Balaban J connectivity index is 2.16. The first-order valence-electron chi connectivity index (χ1n) is 9.98. The maximum atomic E-state index is 12.8. The van der Waals surface area contributed by atoms with Gasteiger partial charge in [0.05, 0.1) is 11.8 Å². The fraction of sp³-hybridized carbons (Fsp3) is 0.600. The minimum absolute atomic E-state index is 0.168. The summed E-state index contributed by atoms with van der Waals surface area (Å²) in [4.78, 5) is 37.1. The number of aromatic nitrogens is 2. The van der Waals surface area contributed by atoms with Crippen LogP contribution in [0.3, 0.4) is 0 Å². The molecule has 1 aliphatic rings. The standard InChI is InChI=1S/C20H25F3N6O3/c1-19(2,3)15(28-18(32)20(21,22)23)17(31)26-13(9-11-6-7-11)16(30)27-14(10-24)12-5-4-8-25-29-12/h4-5,8,11,13-15H,6-7,9H2,1-3H3,(H,26,31)(H,27,30)(H,28,32). The second-order valence-corrected chi connectivity index (χ2v) is 8.73. The van der Waals surface area contributed by atoms with Crippen LogP contribution in [0.25, 0.3) is 0 Å². The molecule has 3 atom stereocenters. The Morgan fingerprint density at radius 1 is 1.16 bits per heavy atom. The first kappa shape index (κ1) is 25.0. The summed E-state index contributed by atoms with van der Waals surface area (Å²) >= 11 is 0. The van der Waals surface area contributed by atoms with E-state index in [-0.39, 0.29) is 18.0 Å². The van der Waals surface area contributed by atoms with E-state index < -0.39 is 47.4 Å².